The van der Waals surface area contributed by atoms with E-state index in [1.54, 1.807) is 0 Å². The number of aromatic nitrogens is 1. The van der Waals surface area contributed by atoms with Crippen molar-refractivity contribution in [3.8, 4) is 5.75 Å². The van der Waals surface area contributed by atoms with Gasteiger partial charge in [0.2, 0.25) is 0 Å². The summed E-state index contributed by atoms with van der Waals surface area (Å²) >= 11 is 0. The smallest absolute Gasteiger partial charge is 0.141 e. The topological polar surface area (TPSA) is 37.4 Å². The van der Waals surface area contributed by atoms with Crippen molar-refractivity contribution in [2.75, 3.05) is 32.7 Å². The van der Waals surface area contributed by atoms with Crippen molar-refractivity contribution in [1.29, 1.82) is 0 Å². The molecule has 3 heterocycles. The normalized spacial score (nSPS) is 24.9. The quantitative estimate of drug-likeness (QED) is 0.923. The predicted molar refractivity (Wildman–Crippen MR) is 84.8 cm³/mol. The van der Waals surface area contributed by atoms with Crippen LogP contribution in [-0.2, 0) is 0 Å². The Balaban J connectivity index is 1.69. The third kappa shape index (κ3) is 3.74. The van der Waals surface area contributed by atoms with Crippen molar-refractivity contribution in [2.24, 2.45) is 0 Å². The van der Waals surface area contributed by atoms with E-state index < -0.39 is 0 Å². The molecule has 1 atom stereocenters. The molecule has 116 valence electrons. The number of hydrogen-bond donors (Lipinski definition) is 1. The number of likely N-dealkylation sites (N-methyl/N-ethyl adjacent to an activating group) is 1. The highest BCUT2D eigenvalue weighted by Crippen LogP contribution is 2.31. The monoisotopic (exact) mass is 289 g/mol. The maximum absolute atomic E-state index is 6.35. The van der Waals surface area contributed by atoms with E-state index in [0.717, 1.165) is 38.3 Å². The minimum atomic E-state index is 0.323. The van der Waals surface area contributed by atoms with Gasteiger partial charge >= 0.3 is 0 Å². The summed E-state index contributed by atoms with van der Waals surface area (Å²) in [5.41, 5.74) is 1.17. The highest BCUT2D eigenvalue weighted by molar-refractivity contribution is 5.30. The molecule has 2 saturated heterocycles. The molecule has 4 nitrogen and oxygen atoms in total. The lowest BCUT2D eigenvalue weighted by Crippen LogP contribution is -2.41. The van der Waals surface area contributed by atoms with Crippen LogP contribution in [0.5, 0.6) is 5.75 Å². The zero-order chi connectivity index (χ0) is 14.5. The molecular weight excluding hydrogens is 262 g/mol. The largest absolute Gasteiger partial charge is 0.487 e. The van der Waals surface area contributed by atoms with Gasteiger partial charge in [0.05, 0.1) is 5.69 Å². The molecule has 0 unspecified atom stereocenters. The number of nitrogens with one attached hydrogen (secondary N) is 1. The van der Waals surface area contributed by atoms with E-state index in [0.29, 0.717) is 12.0 Å². The lowest BCUT2D eigenvalue weighted by atomic mass is 9.93. The van der Waals surface area contributed by atoms with Crippen LogP contribution in [-0.4, -0.2) is 48.7 Å². The van der Waals surface area contributed by atoms with Crippen LogP contribution in [0.3, 0.4) is 0 Å². The van der Waals surface area contributed by atoms with E-state index in [9.17, 15) is 0 Å². The van der Waals surface area contributed by atoms with E-state index >= 15 is 0 Å². The average Bonchev–Trinajstić information content (AvgIpc) is 2.56. The Morgan fingerprint density at radius 3 is 3.00 bits per heavy atom. The first-order chi connectivity index (χ1) is 10.4. The molecule has 1 aromatic heterocycles. The van der Waals surface area contributed by atoms with Gasteiger partial charge < -0.3 is 10.1 Å². The molecule has 2 fully saturated rings. The Morgan fingerprint density at radius 2 is 2.19 bits per heavy atom. The zero-order valence-corrected chi connectivity index (χ0v) is 13.1. The van der Waals surface area contributed by atoms with Gasteiger partial charge in [0.25, 0.3) is 0 Å². The minimum Gasteiger partial charge on any atom is -0.487 e. The molecule has 0 amide bonds. The van der Waals surface area contributed by atoms with Crippen molar-refractivity contribution >= 4 is 0 Å². The molecule has 0 saturated carbocycles. The van der Waals surface area contributed by atoms with E-state index in [1.165, 1.54) is 31.5 Å². The third-order valence-corrected chi connectivity index (χ3v) is 4.73. The first-order valence-corrected chi connectivity index (χ1v) is 8.41. The fraction of sp³-hybridized carbons (Fsp3) is 0.706. The van der Waals surface area contributed by atoms with E-state index in [2.05, 4.69) is 28.2 Å². The number of rotatable bonds is 4. The minimum absolute atomic E-state index is 0.323. The maximum atomic E-state index is 6.35. The number of pyridine rings is 1. The van der Waals surface area contributed by atoms with Gasteiger partial charge in [-0.05, 0) is 64.0 Å². The van der Waals surface area contributed by atoms with Gasteiger partial charge in [-0.1, -0.05) is 6.92 Å². The summed E-state index contributed by atoms with van der Waals surface area (Å²) in [5, 5.41) is 3.42. The number of hydrogen-bond acceptors (Lipinski definition) is 4. The van der Waals surface area contributed by atoms with Gasteiger partial charge in [-0.3, -0.25) is 9.88 Å². The summed E-state index contributed by atoms with van der Waals surface area (Å²) in [6, 6.07) is 4.11. The average molecular weight is 289 g/mol. The standard InChI is InChI=1S/C17H27N3O/c1-2-20-12-4-5-15(13-20)21-16-6-3-9-19-17(16)14-7-10-18-11-8-14/h3,6,9,14-15,18H,2,4-5,7-8,10-13H2,1H3/t15-/m0/s1. The summed E-state index contributed by atoms with van der Waals surface area (Å²) in [4.78, 5) is 7.12. The van der Waals surface area contributed by atoms with E-state index in [1.807, 2.05) is 12.3 Å². The second kappa shape index (κ2) is 7.23. The number of ether oxygens (including phenoxy) is 1. The van der Waals surface area contributed by atoms with Crippen molar-refractivity contribution in [3.05, 3.63) is 24.0 Å². The van der Waals surface area contributed by atoms with Crippen LogP contribution in [0, 0.1) is 0 Å². The number of piperidine rings is 2. The van der Waals surface area contributed by atoms with Gasteiger partial charge in [0, 0.05) is 18.7 Å². The molecule has 1 N–H and O–H groups in total. The Hall–Kier alpha value is -1.13. The summed E-state index contributed by atoms with van der Waals surface area (Å²) < 4.78 is 6.35. The fourth-order valence-electron chi connectivity index (χ4n) is 3.48. The van der Waals surface area contributed by atoms with Crippen LogP contribution in [0.1, 0.15) is 44.2 Å². The second-order valence-electron chi connectivity index (χ2n) is 6.19. The molecule has 0 radical (unpaired) electrons. The highest BCUT2D eigenvalue weighted by Gasteiger charge is 2.24. The summed E-state index contributed by atoms with van der Waals surface area (Å²) in [6.07, 6.45) is 6.96. The number of likely N-dealkylation sites (tertiary alicyclic amines) is 1. The van der Waals surface area contributed by atoms with Gasteiger partial charge in [0.1, 0.15) is 11.9 Å². The summed E-state index contributed by atoms with van der Waals surface area (Å²) in [6.45, 7) is 7.80. The Morgan fingerprint density at radius 1 is 1.33 bits per heavy atom. The molecule has 2 aliphatic heterocycles. The molecule has 0 aromatic carbocycles. The Bertz CT molecular complexity index is 445. The van der Waals surface area contributed by atoms with Crippen LogP contribution in [0.4, 0.5) is 0 Å². The zero-order valence-electron chi connectivity index (χ0n) is 13.1. The summed E-state index contributed by atoms with van der Waals surface area (Å²) in [5.74, 6) is 1.57. The van der Waals surface area contributed by atoms with Gasteiger partial charge in [-0.15, -0.1) is 0 Å². The molecule has 3 rings (SSSR count). The molecule has 0 spiro atoms. The molecule has 0 aliphatic carbocycles. The molecule has 21 heavy (non-hydrogen) atoms. The first-order valence-electron chi connectivity index (χ1n) is 8.41. The van der Waals surface area contributed by atoms with Crippen LogP contribution >= 0.6 is 0 Å². The molecule has 1 aromatic rings. The fourth-order valence-corrected chi connectivity index (χ4v) is 3.48. The predicted octanol–water partition coefficient (Wildman–Crippen LogP) is 2.41. The number of nitrogens with zero attached hydrogens (tertiary/aromatic N) is 2. The molecule has 0 bridgehead atoms. The Kier molecular flexibility index (Phi) is 5.09. The van der Waals surface area contributed by atoms with Crippen LogP contribution in [0.25, 0.3) is 0 Å². The Labute approximate surface area is 127 Å². The van der Waals surface area contributed by atoms with Gasteiger partial charge in [-0.2, -0.15) is 0 Å². The maximum Gasteiger partial charge on any atom is 0.141 e. The summed E-state index contributed by atoms with van der Waals surface area (Å²) in [7, 11) is 0. The van der Waals surface area contributed by atoms with E-state index in [4.69, 9.17) is 4.74 Å². The third-order valence-electron chi connectivity index (χ3n) is 4.73. The molecule has 2 aliphatic rings. The van der Waals surface area contributed by atoms with Gasteiger partial charge in [-0.25, -0.2) is 0 Å². The van der Waals surface area contributed by atoms with Crippen LogP contribution < -0.4 is 10.1 Å². The lowest BCUT2D eigenvalue weighted by Gasteiger charge is -2.33. The highest BCUT2D eigenvalue weighted by atomic mass is 16.5. The second-order valence-corrected chi connectivity index (χ2v) is 6.19. The van der Waals surface area contributed by atoms with Gasteiger partial charge in [0.15, 0.2) is 0 Å². The van der Waals surface area contributed by atoms with Crippen molar-refractivity contribution in [1.82, 2.24) is 15.2 Å². The SMILES string of the molecule is CCN1CCC[C@H](Oc2cccnc2C2CCNCC2)C1. The molecule has 4 heteroatoms. The van der Waals surface area contributed by atoms with Crippen molar-refractivity contribution < 1.29 is 4.74 Å². The van der Waals surface area contributed by atoms with Crippen molar-refractivity contribution in [2.45, 2.75) is 44.6 Å². The van der Waals surface area contributed by atoms with Crippen LogP contribution in [0.15, 0.2) is 18.3 Å². The first kappa shape index (κ1) is 14.8. The van der Waals surface area contributed by atoms with E-state index in [-0.39, 0.29) is 0 Å². The van der Waals surface area contributed by atoms with Crippen LogP contribution in [0.2, 0.25) is 0 Å². The molecular formula is C17H27N3O. The van der Waals surface area contributed by atoms with Crippen molar-refractivity contribution in [3.63, 3.8) is 0 Å². The lowest BCUT2D eigenvalue weighted by molar-refractivity contribution is 0.0902.